The van der Waals surface area contributed by atoms with Crippen LogP contribution < -0.4 is 10.6 Å². The van der Waals surface area contributed by atoms with E-state index in [2.05, 4.69) is 10.6 Å². The number of amides is 2. The third-order valence-corrected chi connectivity index (χ3v) is 4.16. The van der Waals surface area contributed by atoms with E-state index in [1.807, 2.05) is 0 Å². The van der Waals surface area contributed by atoms with Gasteiger partial charge in [-0.15, -0.1) is 0 Å². The molecule has 6 heteroatoms. The molecule has 1 saturated carbocycles. The van der Waals surface area contributed by atoms with Crippen LogP contribution in [0.4, 0.5) is 0 Å². The molecule has 0 aromatic carbocycles. The van der Waals surface area contributed by atoms with Crippen LogP contribution in [-0.4, -0.2) is 48.3 Å². The summed E-state index contributed by atoms with van der Waals surface area (Å²) in [5.74, 6) is 0.641. The number of carbonyl (C=O) groups excluding carboxylic acids is 2. The highest BCUT2D eigenvalue weighted by molar-refractivity contribution is 5.76. The van der Waals surface area contributed by atoms with Crippen molar-refractivity contribution in [3.8, 4) is 0 Å². The average molecular weight is 298 g/mol. The third kappa shape index (κ3) is 5.28. The first-order valence-corrected chi connectivity index (χ1v) is 7.94. The monoisotopic (exact) mass is 298 g/mol. The number of hydrogen-bond acceptors (Lipinski definition) is 4. The number of carbonyl (C=O) groups is 2. The normalized spacial score (nSPS) is 29.0. The van der Waals surface area contributed by atoms with Gasteiger partial charge >= 0.3 is 0 Å². The van der Waals surface area contributed by atoms with Gasteiger partial charge in [0.1, 0.15) is 6.10 Å². The number of aliphatic hydroxyl groups is 1. The molecule has 21 heavy (non-hydrogen) atoms. The van der Waals surface area contributed by atoms with Crippen molar-refractivity contribution in [3.05, 3.63) is 0 Å². The summed E-state index contributed by atoms with van der Waals surface area (Å²) < 4.78 is 5.76. The molecule has 3 atom stereocenters. The SMILES string of the molecule is CCC(=O)N[C@@H]1CC[C@@H](CC(=O)NCC2CC2)O[C@H]1CO. The Balaban J connectivity index is 1.73. The Kier molecular flexibility index (Phi) is 5.99. The summed E-state index contributed by atoms with van der Waals surface area (Å²) in [6.45, 7) is 2.42. The maximum absolute atomic E-state index is 11.8. The van der Waals surface area contributed by atoms with E-state index >= 15 is 0 Å². The van der Waals surface area contributed by atoms with Gasteiger partial charge in [-0.1, -0.05) is 6.92 Å². The fourth-order valence-electron chi connectivity index (χ4n) is 2.61. The van der Waals surface area contributed by atoms with Gasteiger partial charge in [0.05, 0.1) is 25.2 Å². The summed E-state index contributed by atoms with van der Waals surface area (Å²) in [5, 5.41) is 15.2. The first kappa shape index (κ1) is 16.2. The van der Waals surface area contributed by atoms with E-state index in [1.165, 1.54) is 12.8 Å². The van der Waals surface area contributed by atoms with Crippen LogP contribution in [0.15, 0.2) is 0 Å². The lowest BCUT2D eigenvalue weighted by Crippen LogP contribution is -2.51. The minimum Gasteiger partial charge on any atom is -0.394 e. The minimum atomic E-state index is -0.421. The number of nitrogens with one attached hydrogen (secondary N) is 2. The van der Waals surface area contributed by atoms with Gasteiger partial charge in [-0.05, 0) is 31.6 Å². The van der Waals surface area contributed by atoms with Gasteiger partial charge in [0.25, 0.3) is 0 Å². The molecule has 1 heterocycles. The standard InChI is InChI=1S/C15H26N2O4/c1-2-14(19)17-12-6-5-11(21-13(12)9-18)7-15(20)16-8-10-3-4-10/h10-13,18H,2-9H2,1H3,(H,16,20)(H,17,19)/t11-,12+,13-/m0/s1. The lowest BCUT2D eigenvalue weighted by molar-refractivity contribution is -0.135. The van der Waals surface area contributed by atoms with Gasteiger partial charge in [-0.2, -0.15) is 0 Å². The predicted octanol–water partition coefficient (Wildman–Crippen LogP) is 0.337. The lowest BCUT2D eigenvalue weighted by atomic mass is 9.97. The molecule has 1 aliphatic heterocycles. The molecule has 2 aliphatic rings. The maximum Gasteiger partial charge on any atom is 0.222 e. The molecule has 120 valence electrons. The molecular formula is C15H26N2O4. The first-order chi connectivity index (χ1) is 10.1. The summed E-state index contributed by atoms with van der Waals surface area (Å²) >= 11 is 0. The lowest BCUT2D eigenvalue weighted by Gasteiger charge is -2.36. The largest absolute Gasteiger partial charge is 0.394 e. The molecule has 2 amide bonds. The summed E-state index contributed by atoms with van der Waals surface area (Å²) in [6, 6.07) is -0.159. The predicted molar refractivity (Wildman–Crippen MR) is 77.6 cm³/mol. The van der Waals surface area contributed by atoms with Crippen LogP contribution in [0, 0.1) is 5.92 Å². The molecule has 3 N–H and O–H groups in total. The number of rotatable bonds is 7. The third-order valence-electron chi connectivity index (χ3n) is 4.16. The second kappa shape index (κ2) is 7.75. The second-order valence-corrected chi connectivity index (χ2v) is 6.04. The van der Waals surface area contributed by atoms with Crippen molar-refractivity contribution in [2.24, 2.45) is 5.92 Å². The van der Waals surface area contributed by atoms with Gasteiger partial charge in [0.15, 0.2) is 0 Å². The van der Waals surface area contributed by atoms with Gasteiger partial charge in [0, 0.05) is 13.0 Å². The minimum absolute atomic E-state index is 0.0135. The van der Waals surface area contributed by atoms with E-state index in [0.29, 0.717) is 18.8 Å². The van der Waals surface area contributed by atoms with Crippen molar-refractivity contribution in [1.82, 2.24) is 10.6 Å². The molecule has 0 unspecified atom stereocenters. The highest BCUT2D eigenvalue weighted by Gasteiger charge is 2.32. The van der Waals surface area contributed by atoms with E-state index in [0.717, 1.165) is 19.4 Å². The molecular weight excluding hydrogens is 272 g/mol. The molecule has 0 bridgehead atoms. The zero-order valence-corrected chi connectivity index (χ0v) is 12.6. The Morgan fingerprint density at radius 2 is 1.95 bits per heavy atom. The van der Waals surface area contributed by atoms with E-state index in [4.69, 9.17) is 4.74 Å². The number of ether oxygens (including phenoxy) is 1. The van der Waals surface area contributed by atoms with Gasteiger partial charge in [0.2, 0.25) is 11.8 Å². The second-order valence-electron chi connectivity index (χ2n) is 6.04. The quantitative estimate of drug-likeness (QED) is 0.632. The Hall–Kier alpha value is -1.14. The van der Waals surface area contributed by atoms with E-state index in [9.17, 15) is 14.7 Å². The van der Waals surface area contributed by atoms with Crippen molar-refractivity contribution in [3.63, 3.8) is 0 Å². The van der Waals surface area contributed by atoms with Gasteiger partial charge in [-0.3, -0.25) is 9.59 Å². The molecule has 1 aliphatic carbocycles. The Morgan fingerprint density at radius 1 is 1.19 bits per heavy atom. The summed E-state index contributed by atoms with van der Waals surface area (Å²) in [6.07, 6.45) is 4.04. The van der Waals surface area contributed by atoms with Crippen LogP contribution in [0.3, 0.4) is 0 Å². The number of aliphatic hydroxyl groups excluding tert-OH is 1. The molecule has 0 aromatic rings. The Bertz CT molecular complexity index is 371. The van der Waals surface area contributed by atoms with Crippen LogP contribution in [0.1, 0.15) is 45.4 Å². The van der Waals surface area contributed by atoms with Crippen molar-refractivity contribution >= 4 is 11.8 Å². The fraction of sp³-hybridized carbons (Fsp3) is 0.867. The van der Waals surface area contributed by atoms with Crippen LogP contribution in [-0.2, 0) is 14.3 Å². The Morgan fingerprint density at radius 3 is 2.57 bits per heavy atom. The van der Waals surface area contributed by atoms with Crippen LogP contribution in [0.25, 0.3) is 0 Å². The maximum atomic E-state index is 11.8. The highest BCUT2D eigenvalue weighted by atomic mass is 16.5. The molecule has 0 spiro atoms. The average Bonchev–Trinajstić information content (AvgIpc) is 3.30. The smallest absolute Gasteiger partial charge is 0.222 e. The first-order valence-electron chi connectivity index (χ1n) is 7.94. The summed E-state index contributed by atoms with van der Waals surface area (Å²) in [4.78, 5) is 23.3. The van der Waals surface area contributed by atoms with Crippen LogP contribution >= 0.6 is 0 Å². The van der Waals surface area contributed by atoms with Crippen molar-refractivity contribution < 1.29 is 19.4 Å². The molecule has 0 radical (unpaired) electrons. The number of hydrogen-bond donors (Lipinski definition) is 3. The van der Waals surface area contributed by atoms with Crippen molar-refractivity contribution in [2.75, 3.05) is 13.2 Å². The topological polar surface area (TPSA) is 87.7 Å². The van der Waals surface area contributed by atoms with Crippen molar-refractivity contribution in [1.29, 1.82) is 0 Å². The highest BCUT2D eigenvalue weighted by Crippen LogP contribution is 2.27. The fourth-order valence-corrected chi connectivity index (χ4v) is 2.61. The van der Waals surface area contributed by atoms with Crippen LogP contribution in [0.5, 0.6) is 0 Å². The molecule has 0 aromatic heterocycles. The summed E-state index contributed by atoms with van der Waals surface area (Å²) in [7, 11) is 0. The van der Waals surface area contributed by atoms with Gasteiger partial charge in [-0.25, -0.2) is 0 Å². The summed E-state index contributed by atoms with van der Waals surface area (Å²) in [5.41, 5.74) is 0. The molecule has 2 fully saturated rings. The molecule has 1 saturated heterocycles. The van der Waals surface area contributed by atoms with Crippen LogP contribution in [0.2, 0.25) is 0 Å². The van der Waals surface area contributed by atoms with E-state index in [1.54, 1.807) is 6.92 Å². The molecule has 2 rings (SSSR count). The van der Waals surface area contributed by atoms with Gasteiger partial charge < -0.3 is 20.5 Å². The molecule has 6 nitrogen and oxygen atoms in total. The van der Waals surface area contributed by atoms with E-state index in [-0.39, 0.29) is 30.6 Å². The van der Waals surface area contributed by atoms with Crippen molar-refractivity contribution in [2.45, 2.75) is 63.7 Å². The zero-order valence-electron chi connectivity index (χ0n) is 12.6. The Labute approximate surface area is 125 Å². The van der Waals surface area contributed by atoms with E-state index < -0.39 is 6.10 Å². The zero-order chi connectivity index (χ0) is 15.2.